The van der Waals surface area contributed by atoms with Gasteiger partial charge in [-0.2, -0.15) is 0 Å². The number of carbonyl (C=O) groups is 1. The fourth-order valence-electron chi connectivity index (χ4n) is 2.58. The predicted octanol–water partition coefficient (Wildman–Crippen LogP) is 5.40. The summed E-state index contributed by atoms with van der Waals surface area (Å²) in [6.07, 6.45) is 0. The standard InChI is InChI=1S/C21H19ClN2O2S/c1-26-19-11-10-16(13-18(19)22)24-21(25)20(14-6-3-2-4-7-14)27-17-9-5-8-15(23)12-17/h2-13,20H,23H2,1H3,(H,24,25). The van der Waals surface area contributed by atoms with Gasteiger partial charge in [-0.05, 0) is 42.0 Å². The van der Waals surface area contributed by atoms with Crippen molar-refractivity contribution in [2.24, 2.45) is 0 Å². The van der Waals surface area contributed by atoms with Gasteiger partial charge in [0.2, 0.25) is 5.91 Å². The van der Waals surface area contributed by atoms with Gasteiger partial charge in [-0.25, -0.2) is 0 Å². The first-order chi connectivity index (χ1) is 13.1. The maximum absolute atomic E-state index is 13.0. The van der Waals surface area contributed by atoms with E-state index in [0.29, 0.717) is 22.1 Å². The molecule has 1 unspecified atom stereocenters. The van der Waals surface area contributed by atoms with Gasteiger partial charge in [-0.1, -0.05) is 48.0 Å². The number of amides is 1. The monoisotopic (exact) mass is 398 g/mol. The molecule has 6 heteroatoms. The fourth-order valence-corrected chi connectivity index (χ4v) is 3.93. The Balaban J connectivity index is 1.85. The van der Waals surface area contributed by atoms with Gasteiger partial charge in [0.1, 0.15) is 11.0 Å². The summed E-state index contributed by atoms with van der Waals surface area (Å²) in [5, 5.41) is 2.94. The highest BCUT2D eigenvalue weighted by Gasteiger charge is 2.22. The third-order valence-corrected chi connectivity index (χ3v) is 5.42. The van der Waals surface area contributed by atoms with Crippen LogP contribution < -0.4 is 15.8 Å². The van der Waals surface area contributed by atoms with Crippen molar-refractivity contribution in [2.75, 3.05) is 18.2 Å². The van der Waals surface area contributed by atoms with Crippen LogP contribution in [0.5, 0.6) is 5.75 Å². The first kappa shape index (κ1) is 19.1. The molecule has 3 N–H and O–H groups in total. The quantitative estimate of drug-likeness (QED) is 0.431. The van der Waals surface area contributed by atoms with Crippen LogP contribution in [0.1, 0.15) is 10.8 Å². The summed E-state index contributed by atoms with van der Waals surface area (Å²) in [7, 11) is 1.55. The van der Waals surface area contributed by atoms with E-state index in [2.05, 4.69) is 5.32 Å². The van der Waals surface area contributed by atoms with Crippen LogP contribution >= 0.6 is 23.4 Å². The fraction of sp³-hybridized carbons (Fsp3) is 0.0952. The third kappa shape index (κ3) is 4.96. The summed E-state index contributed by atoms with van der Waals surface area (Å²) in [6, 6.07) is 22.3. The molecular weight excluding hydrogens is 380 g/mol. The molecule has 1 amide bonds. The average Bonchev–Trinajstić information content (AvgIpc) is 2.67. The van der Waals surface area contributed by atoms with Crippen molar-refractivity contribution in [1.82, 2.24) is 0 Å². The van der Waals surface area contributed by atoms with Gasteiger partial charge in [0.05, 0.1) is 12.1 Å². The molecular formula is C21H19ClN2O2S. The van der Waals surface area contributed by atoms with Crippen LogP contribution in [0.2, 0.25) is 5.02 Å². The number of ether oxygens (including phenoxy) is 1. The summed E-state index contributed by atoms with van der Waals surface area (Å²) < 4.78 is 5.15. The molecule has 0 fully saturated rings. The van der Waals surface area contributed by atoms with Crippen molar-refractivity contribution in [3.05, 3.63) is 83.4 Å². The van der Waals surface area contributed by atoms with Crippen molar-refractivity contribution in [3.63, 3.8) is 0 Å². The molecule has 0 aliphatic heterocycles. The molecule has 0 radical (unpaired) electrons. The number of benzene rings is 3. The lowest BCUT2D eigenvalue weighted by atomic mass is 10.1. The molecule has 0 aromatic heterocycles. The zero-order valence-electron chi connectivity index (χ0n) is 14.7. The van der Waals surface area contributed by atoms with Crippen LogP contribution in [0.25, 0.3) is 0 Å². The Kier molecular flexibility index (Phi) is 6.27. The molecule has 0 aliphatic carbocycles. The van der Waals surface area contributed by atoms with Gasteiger partial charge in [-0.15, -0.1) is 11.8 Å². The van der Waals surface area contributed by atoms with E-state index >= 15 is 0 Å². The summed E-state index contributed by atoms with van der Waals surface area (Å²) >= 11 is 7.61. The lowest BCUT2D eigenvalue weighted by Crippen LogP contribution is -2.19. The second-order valence-electron chi connectivity index (χ2n) is 5.82. The molecule has 0 saturated carbocycles. The van der Waals surface area contributed by atoms with E-state index < -0.39 is 5.25 Å². The Hall–Kier alpha value is -2.63. The van der Waals surface area contributed by atoms with Crippen molar-refractivity contribution >= 4 is 40.6 Å². The van der Waals surface area contributed by atoms with Gasteiger partial charge in [0.15, 0.2) is 0 Å². The third-order valence-electron chi connectivity index (χ3n) is 3.87. The minimum absolute atomic E-state index is 0.144. The average molecular weight is 399 g/mol. The lowest BCUT2D eigenvalue weighted by Gasteiger charge is -2.18. The Labute approximate surface area is 167 Å². The molecule has 0 heterocycles. The normalized spacial score (nSPS) is 11.6. The first-order valence-corrected chi connectivity index (χ1v) is 9.54. The molecule has 138 valence electrons. The van der Waals surface area contributed by atoms with E-state index in [1.165, 1.54) is 11.8 Å². The van der Waals surface area contributed by atoms with Crippen molar-refractivity contribution in [3.8, 4) is 5.75 Å². The first-order valence-electron chi connectivity index (χ1n) is 8.28. The maximum Gasteiger partial charge on any atom is 0.242 e. The van der Waals surface area contributed by atoms with Crippen molar-refractivity contribution in [2.45, 2.75) is 10.1 Å². The highest BCUT2D eigenvalue weighted by molar-refractivity contribution is 8.00. The van der Waals surface area contributed by atoms with E-state index in [0.717, 1.165) is 10.5 Å². The SMILES string of the molecule is COc1ccc(NC(=O)C(Sc2cccc(N)c2)c2ccccc2)cc1Cl. The highest BCUT2D eigenvalue weighted by atomic mass is 35.5. The van der Waals surface area contributed by atoms with Crippen LogP contribution in [0.4, 0.5) is 11.4 Å². The number of nitrogens with one attached hydrogen (secondary N) is 1. The van der Waals surface area contributed by atoms with E-state index in [1.807, 2.05) is 54.6 Å². The molecule has 0 saturated heterocycles. The molecule has 0 bridgehead atoms. The Bertz CT molecular complexity index is 934. The van der Waals surface area contributed by atoms with Gasteiger partial charge >= 0.3 is 0 Å². The predicted molar refractivity (Wildman–Crippen MR) is 113 cm³/mol. The van der Waals surface area contributed by atoms with Crippen molar-refractivity contribution < 1.29 is 9.53 Å². The van der Waals surface area contributed by atoms with Gasteiger partial charge in [-0.3, -0.25) is 4.79 Å². The molecule has 3 aromatic rings. The van der Waals surface area contributed by atoms with Gasteiger partial charge in [0.25, 0.3) is 0 Å². The number of rotatable bonds is 6. The topological polar surface area (TPSA) is 64.3 Å². The number of hydrogen-bond donors (Lipinski definition) is 2. The molecule has 0 aliphatic rings. The number of carbonyl (C=O) groups excluding carboxylic acids is 1. The van der Waals surface area contributed by atoms with Gasteiger partial charge in [0, 0.05) is 16.3 Å². The maximum atomic E-state index is 13.0. The summed E-state index contributed by atoms with van der Waals surface area (Å²) in [5.74, 6) is 0.415. The number of halogens is 1. The van der Waals surface area contributed by atoms with Gasteiger partial charge < -0.3 is 15.8 Å². The largest absolute Gasteiger partial charge is 0.495 e. The zero-order chi connectivity index (χ0) is 19.2. The minimum Gasteiger partial charge on any atom is -0.495 e. The summed E-state index contributed by atoms with van der Waals surface area (Å²) in [5.41, 5.74) is 8.05. The number of methoxy groups -OCH3 is 1. The zero-order valence-corrected chi connectivity index (χ0v) is 16.3. The number of nitrogen functional groups attached to an aromatic ring is 1. The number of nitrogens with two attached hydrogens (primary N) is 1. The lowest BCUT2D eigenvalue weighted by molar-refractivity contribution is -0.115. The number of hydrogen-bond acceptors (Lipinski definition) is 4. The van der Waals surface area contributed by atoms with E-state index in [9.17, 15) is 4.79 Å². The van der Waals surface area contributed by atoms with E-state index in [4.69, 9.17) is 22.1 Å². The van der Waals surface area contributed by atoms with Crippen LogP contribution in [0.15, 0.2) is 77.7 Å². The number of thioether (sulfide) groups is 1. The van der Waals surface area contributed by atoms with Crippen LogP contribution in [-0.4, -0.2) is 13.0 Å². The Morgan fingerprint density at radius 1 is 1.07 bits per heavy atom. The molecule has 3 aromatic carbocycles. The Morgan fingerprint density at radius 2 is 1.85 bits per heavy atom. The van der Waals surface area contributed by atoms with Crippen LogP contribution in [0.3, 0.4) is 0 Å². The molecule has 4 nitrogen and oxygen atoms in total. The van der Waals surface area contributed by atoms with Crippen LogP contribution in [0, 0.1) is 0 Å². The van der Waals surface area contributed by atoms with E-state index in [1.54, 1.807) is 25.3 Å². The highest BCUT2D eigenvalue weighted by Crippen LogP contribution is 2.37. The molecule has 27 heavy (non-hydrogen) atoms. The molecule has 0 spiro atoms. The van der Waals surface area contributed by atoms with Crippen molar-refractivity contribution in [1.29, 1.82) is 0 Å². The summed E-state index contributed by atoms with van der Waals surface area (Å²) in [6.45, 7) is 0. The summed E-state index contributed by atoms with van der Waals surface area (Å²) in [4.78, 5) is 14.0. The van der Waals surface area contributed by atoms with E-state index in [-0.39, 0.29) is 5.91 Å². The molecule has 3 rings (SSSR count). The minimum atomic E-state index is -0.436. The second-order valence-corrected chi connectivity index (χ2v) is 7.41. The number of anilines is 2. The molecule has 1 atom stereocenters. The van der Waals surface area contributed by atoms with Crippen LogP contribution in [-0.2, 0) is 4.79 Å². The smallest absolute Gasteiger partial charge is 0.242 e. The Morgan fingerprint density at radius 3 is 2.52 bits per heavy atom. The second kappa shape index (κ2) is 8.84.